The van der Waals surface area contributed by atoms with E-state index >= 15 is 0 Å². The molecule has 0 saturated carbocycles. The molecule has 0 aromatic rings. The fraction of sp³-hybridized carbons (Fsp3) is 0.909. The van der Waals surface area contributed by atoms with Crippen molar-refractivity contribution in [3.8, 4) is 0 Å². The van der Waals surface area contributed by atoms with Crippen LogP contribution < -0.4 is 10.6 Å². The van der Waals surface area contributed by atoms with Crippen LogP contribution in [0.1, 0.15) is 27.2 Å². The van der Waals surface area contributed by atoms with Crippen molar-refractivity contribution in [3.05, 3.63) is 0 Å². The summed E-state index contributed by atoms with van der Waals surface area (Å²) in [5.74, 6) is 2.98. The average molecular weight is 230 g/mol. The summed E-state index contributed by atoms with van der Waals surface area (Å²) >= 11 is 1.96. The Bertz CT molecular complexity index is 203. The normalized spacial score (nSPS) is 23.1. The van der Waals surface area contributed by atoms with Gasteiger partial charge in [0.1, 0.15) is 0 Å². The summed E-state index contributed by atoms with van der Waals surface area (Å²) < 4.78 is 0. The Morgan fingerprint density at radius 2 is 2.20 bits per heavy atom. The van der Waals surface area contributed by atoms with E-state index in [1.165, 1.54) is 12.2 Å². The molecule has 0 aliphatic carbocycles. The number of hydrogen-bond donors (Lipinski definition) is 2. The second-order valence-electron chi connectivity index (χ2n) is 4.54. The lowest BCUT2D eigenvalue weighted by Crippen LogP contribution is -2.43. The highest BCUT2D eigenvalue weighted by Crippen LogP contribution is 2.16. The van der Waals surface area contributed by atoms with Gasteiger partial charge in [-0.05, 0) is 25.0 Å². The van der Waals surface area contributed by atoms with E-state index < -0.39 is 0 Å². The van der Waals surface area contributed by atoms with E-state index in [9.17, 15) is 4.79 Å². The molecule has 88 valence electrons. The van der Waals surface area contributed by atoms with Crippen molar-refractivity contribution in [2.75, 3.05) is 18.1 Å². The van der Waals surface area contributed by atoms with Crippen LogP contribution in [0.2, 0.25) is 0 Å². The number of hydrogen-bond acceptors (Lipinski definition) is 3. The lowest BCUT2D eigenvalue weighted by molar-refractivity contribution is -0.121. The first-order valence-electron chi connectivity index (χ1n) is 5.70. The minimum absolute atomic E-state index is 0.119. The minimum atomic E-state index is 0.119. The van der Waals surface area contributed by atoms with Crippen LogP contribution in [0, 0.1) is 5.92 Å². The van der Waals surface area contributed by atoms with Crippen molar-refractivity contribution in [1.82, 2.24) is 10.6 Å². The molecule has 15 heavy (non-hydrogen) atoms. The van der Waals surface area contributed by atoms with E-state index in [0.717, 1.165) is 5.75 Å². The zero-order chi connectivity index (χ0) is 11.3. The van der Waals surface area contributed by atoms with E-state index in [1.54, 1.807) is 0 Å². The minimum Gasteiger partial charge on any atom is -0.352 e. The Balaban J connectivity index is 2.12. The Labute approximate surface area is 96.8 Å². The first-order chi connectivity index (χ1) is 7.09. The maximum Gasteiger partial charge on any atom is 0.234 e. The standard InChI is InChI=1S/C11H22N2OS/c1-8(2)9(3)13-11(14)6-12-10-4-5-15-7-10/h8-10,12H,4-7H2,1-3H3,(H,13,14). The number of carbonyl (C=O) groups is 1. The number of carbonyl (C=O) groups excluding carboxylic acids is 1. The smallest absolute Gasteiger partial charge is 0.234 e. The molecule has 1 aliphatic rings. The van der Waals surface area contributed by atoms with Gasteiger partial charge in [0.15, 0.2) is 0 Å². The Morgan fingerprint density at radius 1 is 1.47 bits per heavy atom. The zero-order valence-corrected chi connectivity index (χ0v) is 10.7. The molecule has 0 radical (unpaired) electrons. The van der Waals surface area contributed by atoms with Crippen LogP contribution in [0.3, 0.4) is 0 Å². The molecule has 0 aromatic carbocycles. The van der Waals surface area contributed by atoms with Gasteiger partial charge in [-0.25, -0.2) is 0 Å². The lowest BCUT2D eigenvalue weighted by Gasteiger charge is -2.18. The predicted molar refractivity (Wildman–Crippen MR) is 66.2 cm³/mol. The number of amides is 1. The first-order valence-corrected chi connectivity index (χ1v) is 6.85. The maximum absolute atomic E-state index is 11.5. The van der Waals surface area contributed by atoms with Crippen LogP contribution in [0.15, 0.2) is 0 Å². The molecule has 1 amide bonds. The number of nitrogens with one attached hydrogen (secondary N) is 2. The van der Waals surface area contributed by atoms with Crippen molar-refractivity contribution in [1.29, 1.82) is 0 Å². The van der Waals surface area contributed by atoms with Gasteiger partial charge in [-0.1, -0.05) is 13.8 Å². The van der Waals surface area contributed by atoms with Gasteiger partial charge >= 0.3 is 0 Å². The second-order valence-corrected chi connectivity index (χ2v) is 5.69. The molecule has 1 saturated heterocycles. The molecule has 3 nitrogen and oxygen atoms in total. The van der Waals surface area contributed by atoms with Crippen LogP contribution in [-0.2, 0) is 4.79 Å². The Morgan fingerprint density at radius 3 is 2.73 bits per heavy atom. The van der Waals surface area contributed by atoms with E-state index in [4.69, 9.17) is 0 Å². The highest BCUT2D eigenvalue weighted by Gasteiger charge is 2.16. The summed E-state index contributed by atoms with van der Waals surface area (Å²) in [6.07, 6.45) is 1.19. The fourth-order valence-corrected chi connectivity index (χ4v) is 2.59. The van der Waals surface area contributed by atoms with Gasteiger partial charge in [0.25, 0.3) is 0 Å². The SMILES string of the molecule is CC(C)C(C)NC(=O)CNC1CCSC1. The third-order valence-corrected chi connectivity index (χ3v) is 4.03. The second kappa shape index (κ2) is 6.38. The van der Waals surface area contributed by atoms with Crippen LogP contribution in [0.25, 0.3) is 0 Å². The molecular formula is C11H22N2OS. The largest absolute Gasteiger partial charge is 0.352 e. The highest BCUT2D eigenvalue weighted by atomic mass is 32.2. The number of rotatable bonds is 5. The molecule has 4 heteroatoms. The van der Waals surface area contributed by atoms with Crippen LogP contribution in [0.5, 0.6) is 0 Å². The van der Waals surface area contributed by atoms with E-state index in [1.807, 2.05) is 18.7 Å². The summed E-state index contributed by atoms with van der Waals surface area (Å²) in [7, 11) is 0. The summed E-state index contributed by atoms with van der Waals surface area (Å²) in [5.41, 5.74) is 0. The first kappa shape index (κ1) is 12.8. The fourth-order valence-electron chi connectivity index (χ4n) is 1.40. The highest BCUT2D eigenvalue weighted by molar-refractivity contribution is 7.99. The maximum atomic E-state index is 11.5. The van der Waals surface area contributed by atoms with Gasteiger partial charge in [0, 0.05) is 17.8 Å². The van der Waals surface area contributed by atoms with Crippen LogP contribution >= 0.6 is 11.8 Å². The van der Waals surface area contributed by atoms with Gasteiger partial charge in [0.2, 0.25) is 5.91 Å². The van der Waals surface area contributed by atoms with E-state index in [2.05, 4.69) is 24.5 Å². The van der Waals surface area contributed by atoms with Crippen molar-refractivity contribution < 1.29 is 4.79 Å². The molecule has 2 atom stereocenters. The molecule has 0 bridgehead atoms. The summed E-state index contributed by atoms with van der Waals surface area (Å²) in [5, 5.41) is 6.29. The third kappa shape index (κ3) is 4.89. The van der Waals surface area contributed by atoms with Crippen molar-refractivity contribution in [2.24, 2.45) is 5.92 Å². The molecule has 1 heterocycles. The molecule has 2 unspecified atom stereocenters. The van der Waals surface area contributed by atoms with Crippen LogP contribution in [0.4, 0.5) is 0 Å². The molecule has 2 N–H and O–H groups in total. The van der Waals surface area contributed by atoms with Crippen LogP contribution in [-0.4, -0.2) is 36.0 Å². The molecule has 1 aliphatic heterocycles. The van der Waals surface area contributed by atoms with Crippen molar-refractivity contribution in [2.45, 2.75) is 39.3 Å². The van der Waals surface area contributed by atoms with Gasteiger partial charge in [0.05, 0.1) is 6.54 Å². The third-order valence-electron chi connectivity index (χ3n) is 2.87. The molecular weight excluding hydrogens is 208 g/mol. The molecule has 0 aromatic heterocycles. The molecule has 1 rings (SSSR count). The monoisotopic (exact) mass is 230 g/mol. The average Bonchev–Trinajstić information content (AvgIpc) is 2.66. The summed E-state index contributed by atoms with van der Waals surface area (Å²) in [4.78, 5) is 11.5. The van der Waals surface area contributed by atoms with E-state index in [-0.39, 0.29) is 11.9 Å². The van der Waals surface area contributed by atoms with Gasteiger partial charge in [-0.15, -0.1) is 0 Å². The zero-order valence-electron chi connectivity index (χ0n) is 9.88. The van der Waals surface area contributed by atoms with Crippen molar-refractivity contribution in [3.63, 3.8) is 0 Å². The van der Waals surface area contributed by atoms with E-state index in [0.29, 0.717) is 18.5 Å². The summed E-state index contributed by atoms with van der Waals surface area (Å²) in [6.45, 7) is 6.74. The Kier molecular flexibility index (Phi) is 5.47. The van der Waals surface area contributed by atoms with Gasteiger partial charge in [-0.3, -0.25) is 4.79 Å². The lowest BCUT2D eigenvalue weighted by atomic mass is 10.1. The summed E-state index contributed by atoms with van der Waals surface area (Å²) in [6, 6.07) is 0.798. The van der Waals surface area contributed by atoms with Crippen molar-refractivity contribution >= 4 is 17.7 Å². The topological polar surface area (TPSA) is 41.1 Å². The van der Waals surface area contributed by atoms with Gasteiger partial charge < -0.3 is 10.6 Å². The Hall–Kier alpha value is -0.220. The molecule has 1 fully saturated rings. The predicted octanol–water partition coefficient (Wildman–Crippen LogP) is 1.24. The molecule has 0 spiro atoms. The number of thioether (sulfide) groups is 1. The van der Waals surface area contributed by atoms with Gasteiger partial charge in [-0.2, -0.15) is 11.8 Å². The quantitative estimate of drug-likeness (QED) is 0.747.